The molecule has 16 heavy (non-hydrogen) atoms. The predicted octanol–water partition coefficient (Wildman–Crippen LogP) is 3.10. The normalized spacial score (nSPS) is 11.4. The number of H-pyrrole nitrogens is 1. The van der Waals surface area contributed by atoms with Crippen molar-refractivity contribution in [3.8, 4) is 0 Å². The van der Waals surface area contributed by atoms with Crippen LogP contribution < -0.4 is 0 Å². The first kappa shape index (κ1) is 10.7. The molecule has 0 fully saturated rings. The van der Waals surface area contributed by atoms with E-state index >= 15 is 0 Å². The summed E-state index contributed by atoms with van der Waals surface area (Å²) in [5.74, 6) is 0. The van der Waals surface area contributed by atoms with Crippen molar-refractivity contribution in [2.45, 2.75) is 20.3 Å². The first-order chi connectivity index (χ1) is 7.86. The molecule has 0 bridgehead atoms. The molecular formula is C13H16N2O. The average molecular weight is 216 g/mol. The zero-order valence-corrected chi connectivity index (χ0v) is 9.66. The van der Waals surface area contributed by atoms with Crippen LogP contribution in [-0.4, -0.2) is 17.8 Å². The Morgan fingerprint density at radius 1 is 1.38 bits per heavy atom. The van der Waals surface area contributed by atoms with Crippen LogP contribution in [-0.2, 0) is 11.3 Å². The topological polar surface area (TPSA) is 37.4 Å². The highest BCUT2D eigenvalue weighted by Crippen LogP contribution is 2.20. The van der Waals surface area contributed by atoms with Crippen LogP contribution in [0.3, 0.4) is 0 Å². The number of para-hydroxylation sites is 1. The van der Waals surface area contributed by atoms with Crippen LogP contribution in [0.4, 0.5) is 0 Å². The van der Waals surface area contributed by atoms with Gasteiger partial charge in [-0.05, 0) is 18.9 Å². The van der Waals surface area contributed by atoms with E-state index in [1.807, 2.05) is 13.1 Å². The van der Waals surface area contributed by atoms with Gasteiger partial charge in [-0.1, -0.05) is 30.3 Å². The predicted molar refractivity (Wildman–Crippen MR) is 66.9 cm³/mol. The number of benzene rings is 1. The van der Waals surface area contributed by atoms with E-state index in [2.05, 4.69) is 35.3 Å². The second-order valence-corrected chi connectivity index (χ2v) is 3.59. The molecule has 0 aliphatic rings. The van der Waals surface area contributed by atoms with Crippen molar-refractivity contribution in [3.63, 3.8) is 0 Å². The zero-order chi connectivity index (χ0) is 11.4. The monoisotopic (exact) mass is 216 g/mol. The fraction of sp³-hybridized carbons (Fsp3) is 0.308. The number of aromatic amines is 1. The largest absolute Gasteiger partial charge is 0.396 e. The minimum Gasteiger partial charge on any atom is -0.396 e. The number of oxime groups is 1. The fourth-order valence-corrected chi connectivity index (χ4v) is 1.81. The van der Waals surface area contributed by atoms with E-state index in [0.29, 0.717) is 6.61 Å². The lowest BCUT2D eigenvalue weighted by molar-refractivity contribution is 0.160. The van der Waals surface area contributed by atoms with Gasteiger partial charge >= 0.3 is 0 Å². The molecule has 1 aromatic heterocycles. The Labute approximate surface area is 95.1 Å². The van der Waals surface area contributed by atoms with Crippen molar-refractivity contribution in [3.05, 3.63) is 35.5 Å². The summed E-state index contributed by atoms with van der Waals surface area (Å²) in [4.78, 5) is 8.26. The van der Waals surface area contributed by atoms with Gasteiger partial charge in [0, 0.05) is 22.7 Å². The molecule has 0 spiro atoms. The standard InChI is InChI=1S/C13H16N2O/c1-3-10-6-5-7-12-11(8-14-13(10)12)9-15-16-4-2/h5-9,14H,3-4H2,1-2H3/b15-9+. The fourth-order valence-electron chi connectivity index (χ4n) is 1.81. The summed E-state index contributed by atoms with van der Waals surface area (Å²) >= 11 is 0. The Balaban J connectivity index is 2.41. The molecule has 3 heteroatoms. The first-order valence-electron chi connectivity index (χ1n) is 5.61. The van der Waals surface area contributed by atoms with Crippen LogP contribution in [0.5, 0.6) is 0 Å². The summed E-state index contributed by atoms with van der Waals surface area (Å²) in [7, 11) is 0. The van der Waals surface area contributed by atoms with Gasteiger partial charge < -0.3 is 9.82 Å². The maximum absolute atomic E-state index is 4.97. The Bertz CT molecular complexity index is 500. The van der Waals surface area contributed by atoms with Gasteiger partial charge in [0.15, 0.2) is 0 Å². The molecule has 0 unspecified atom stereocenters. The molecule has 84 valence electrons. The molecule has 0 aliphatic heterocycles. The molecule has 2 aromatic rings. The number of aromatic nitrogens is 1. The van der Waals surface area contributed by atoms with E-state index in [4.69, 9.17) is 4.84 Å². The average Bonchev–Trinajstić information content (AvgIpc) is 2.73. The van der Waals surface area contributed by atoms with Gasteiger partial charge in [0.2, 0.25) is 0 Å². The van der Waals surface area contributed by atoms with Crippen molar-refractivity contribution < 1.29 is 4.84 Å². The van der Waals surface area contributed by atoms with Crippen LogP contribution in [0.15, 0.2) is 29.6 Å². The van der Waals surface area contributed by atoms with E-state index in [-0.39, 0.29) is 0 Å². The third-order valence-electron chi connectivity index (χ3n) is 2.61. The van der Waals surface area contributed by atoms with Crippen LogP contribution in [0.2, 0.25) is 0 Å². The molecular weight excluding hydrogens is 200 g/mol. The number of hydrogen-bond donors (Lipinski definition) is 1. The second-order valence-electron chi connectivity index (χ2n) is 3.59. The van der Waals surface area contributed by atoms with Crippen LogP contribution in [0, 0.1) is 0 Å². The smallest absolute Gasteiger partial charge is 0.114 e. The third-order valence-corrected chi connectivity index (χ3v) is 2.61. The summed E-state index contributed by atoms with van der Waals surface area (Å²) < 4.78 is 0. The highest BCUT2D eigenvalue weighted by atomic mass is 16.6. The maximum Gasteiger partial charge on any atom is 0.114 e. The second kappa shape index (κ2) is 4.84. The number of aryl methyl sites for hydroxylation is 1. The molecule has 0 amide bonds. The molecule has 0 atom stereocenters. The highest BCUT2D eigenvalue weighted by Gasteiger charge is 2.04. The minimum absolute atomic E-state index is 0.596. The minimum atomic E-state index is 0.596. The molecule has 0 aliphatic carbocycles. The number of hydrogen-bond acceptors (Lipinski definition) is 2. The molecule has 0 saturated heterocycles. The van der Waals surface area contributed by atoms with Gasteiger partial charge in [-0.15, -0.1) is 0 Å². The molecule has 3 nitrogen and oxygen atoms in total. The van der Waals surface area contributed by atoms with Crippen LogP contribution >= 0.6 is 0 Å². The Morgan fingerprint density at radius 3 is 3.00 bits per heavy atom. The molecule has 0 radical (unpaired) electrons. The summed E-state index contributed by atoms with van der Waals surface area (Å²) in [6.07, 6.45) is 4.74. The maximum atomic E-state index is 4.97. The summed E-state index contributed by atoms with van der Waals surface area (Å²) in [6, 6.07) is 6.31. The van der Waals surface area contributed by atoms with E-state index in [9.17, 15) is 0 Å². The van der Waals surface area contributed by atoms with Gasteiger partial charge in [0.1, 0.15) is 6.61 Å². The number of rotatable bonds is 4. The lowest BCUT2D eigenvalue weighted by atomic mass is 10.1. The van der Waals surface area contributed by atoms with E-state index in [1.165, 1.54) is 16.5 Å². The Hall–Kier alpha value is -1.77. The van der Waals surface area contributed by atoms with Crippen molar-refractivity contribution in [1.29, 1.82) is 0 Å². The number of nitrogens with one attached hydrogen (secondary N) is 1. The molecule has 0 saturated carbocycles. The van der Waals surface area contributed by atoms with Crippen LogP contribution in [0.25, 0.3) is 10.9 Å². The Morgan fingerprint density at radius 2 is 2.25 bits per heavy atom. The first-order valence-corrected chi connectivity index (χ1v) is 5.61. The van der Waals surface area contributed by atoms with Gasteiger partial charge in [0.25, 0.3) is 0 Å². The van der Waals surface area contributed by atoms with Gasteiger partial charge in [-0.25, -0.2) is 0 Å². The van der Waals surface area contributed by atoms with E-state index < -0.39 is 0 Å². The summed E-state index contributed by atoms with van der Waals surface area (Å²) in [5, 5.41) is 5.09. The van der Waals surface area contributed by atoms with Crippen LogP contribution in [0.1, 0.15) is 25.0 Å². The summed E-state index contributed by atoms with van der Waals surface area (Å²) in [6.45, 7) is 4.67. The van der Waals surface area contributed by atoms with Crippen molar-refractivity contribution in [2.75, 3.05) is 6.61 Å². The van der Waals surface area contributed by atoms with Crippen molar-refractivity contribution in [2.24, 2.45) is 5.16 Å². The van der Waals surface area contributed by atoms with Gasteiger partial charge in [-0.3, -0.25) is 0 Å². The lowest BCUT2D eigenvalue weighted by Gasteiger charge is -1.98. The molecule has 2 rings (SSSR count). The van der Waals surface area contributed by atoms with E-state index in [0.717, 1.165) is 12.0 Å². The highest BCUT2D eigenvalue weighted by molar-refractivity contribution is 5.99. The molecule has 1 N–H and O–H groups in total. The van der Waals surface area contributed by atoms with Gasteiger partial charge in [-0.2, -0.15) is 0 Å². The lowest BCUT2D eigenvalue weighted by Crippen LogP contribution is -1.84. The SMILES string of the molecule is CCO/N=C/c1c[nH]c2c(CC)cccc12. The molecule has 1 aromatic carbocycles. The molecule has 1 heterocycles. The third kappa shape index (κ3) is 1.94. The number of nitrogens with zero attached hydrogens (tertiary/aromatic N) is 1. The van der Waals surface area contributed by atoms with Crippen molar-refractivity contribution in [1.82, 2.24) is 4.98 Å². The summed E-state index contributed by atoms with van der Waals surface area (Å²) in [5.41, 5.74) is 3.59. The quantitative estimate of drug-likeness (QED) is 0.619. The zero-order valence-electron chi connectivity index (χ0n) is 9.66. The number of fused-ring (bicyclic) bond motifs is 1. The van der Waals surface area contributed by atoms with E-state index in [1.54, 1.807) is 6.21 Å². The Kier molecular flexibility index (Phi) is 3.25. The van der Waals surface area contributed by atoms with Crippen molar-refractivity contribution >= 4 is 17.1 Å². The van der Waals surface area contributed by atoms with Gasteiger partial charge in [0.05, 0.1) is 6.21 Å².